The molecule has 0 atom stereocenters. The first-order valence-corrected chi connectivity index (χ1v) is 6.42. The molecule has 1 aromatic heterocycles. The first-order chi connectivity index (χ1) is 8.94. The maximum atomic E-state index is 12.3. The normalized spacial score (nSPS) is 11.9. The van der Waals surface area contributed by atoms with Crippen molar-refractivity contribution in [2.45, 2.75) is 33.0 Å². The van der Waals surface area contributed by atoms with Gasteiger partial charge in [-0.1, -0.05) is 19.9 Å². The van der Waals surface area contributed by atoms with Crippen LogP contribution in [0, 0.1) is 0 Å². The van der Waals surface area contributed by atoms with Gasteiger partial charge in [-0.25, -0.2) is 4.98 Å². The first-order valence-electron chi connectivity index (χ1n) is 6.42. The van der Waals surface area contributed by atoms with E-state index in [9.17, 15) is 13.2 Å². The molecule has 0 fully saturated rings. The van der Waals surface area contributed by atoms with Gasteiger partial charge >= 0.3 is 6.18 Å². The highest BCUT2D eigenvalue weighted by Gasteiger charge is 2.29. The summed E-state index contributed by atoms with van der Waals surface area (Å²) in [5.41, 5.74) is 0.785. The Labute approximate surface area is 111 Å². The molecule has 1 rings (SSSR count). The lowest BCUT2D eigenvalue weighted by atomic mass is 10.2. The monoisotopic (exact) mass is 275 g/mol. The molecule has 0 aliphatic heterocycles. The van der Waals surface area contributed by atoms with Crippen LogP contribution < -0.4 is 5.32 Å². The van der Waals surface area contributed by atoms with E-state index in [2.05, 4.69) is 17.2 Å². The quantitative estimate of drug-likeness (QED) is 0.827. The smallest absolute Gasteiger partial charge is 0.370 e. The molecule has 0 spiro atoms. The summed E-state index contributed by atoms with van der Waals surface area (Å²) >= 11 is 0. The van der Waals surface area contributed by atoms with Crippen LogP contribution in [0.2, 0.25) is 0 Å². The van der Waals surface area contributed by atoms with Crippen LogP contribution in [0.3, 0.4) is 0 Å². The molecule has 19 heavy (non-hydrogen) atoms. The van der Waals surface area contributed by atoms with Gasteiger partial charge in [-0.05, 0) is 24.6 Å². The van der Waals surface area contributed by atoms with Crippen molar-refractivity contribution in [3.8, 4) is 0 Å². The molecule has 0 radical (unpaired) electrons. The van der Waals surface area contributed by atoms with Crippen LogP contribution in [0.15, 0.2) is 18.3 Å². The Balaban J connectivity index is 2.55. The van der Waals surface area contributed by atoms with Gasteiger partial charge < -0.3 is 5.32 Å². The van der Waals surface area contributed by atoms with E-state index < -0.39 is 12.7 Å². The standard InChI is InChI=1S/C13H20F3N3/c1-3-7-17-12-6-5-11(8-18-12)9-19(4-2)10-13(14,15)16/h5-6,8H,3-4,7,9-10H2,1-2H3,(H,17,18). The maximum absolute atomic E-state index is 12.3. The molecule has 1 heterocycles. The van der Waals surface area contributed by atoms with Crippen LogP contribution in [0.5, 0.6) is 0 Å². The van der Waals surface area contributed by atoms with Gasteiger partial charge in [0.15, 0.2) is 0 Å². The highest BCUT2D eigenvalue weighted by Crippen LogP contribution is 2.18. The fourth-order valence-electron chi connectivity index (χ4n) is 1.67. The molecule has 0 saturated heterocycles. The van der Waals surface area contributed by atoms with Crippen LogP contribution in [0.4, 0.5) is 19.0 Å². The Bertz CT molecular complexity index is 362. The van der Waals surface area contributed by atoms with Crippen molar-refractivity contribution in [2.24, 2.45) is 0 Å². The fourth-order valence-corrected chi connectivity index (χ4v) is 1.67. The van der Waals surface area contributed by atoms with E-state index in [4.69, 9.17) is 0 Å². The van der Waals surface area contributed by atoms with Crippen molar-refractivity contribution in [1.82, 2.24) is 9.88 Å². The highest BCUT2D eigenvalue weighted by atomic mass is 19.4. The SMILES string of the molecule is CCCNc1ccc(CN(CC)CC(F)(F)F)cn1. The zero-order valence-electron chi connectivity index (χ0n) is 11.3. The topological polar surface area (TPSA) is 28.2 Å². The highest BCUT2D eigenvalue weighted by molar-refractivity contribution is 5.35. The van der Waals surface area contributed by atoms with E-state index in [0.29, 0.717) is 6.54 Å². The number of nitrogens with zero attached hydrogens (tertiary/aromatic N) is 2. The lowest BCUT2D eigenvalue weighted by molar-refractivity contribution is -0.146. The third-order valence-corrected chi connectivity index (χ3v) is 2.64. The fraction of sp³-hybridized carbons (Fsp3) is 0.615. The van der Waals surface area contributed by atoms with E-state index in [1.54, 1.807) is 19.2 Å². The number of aromatic nitrogens is 1. The minimum atomic E-state index is -4.16. The molecule has 6 heteroatoms. The minimum Gasteiger partial charge on any atom is -0.370 e. The predicted octanol–water partition coefficient (Wildman–Crippen LogP) is 3.29. The number of anilines is 1. The van der Waals surface area contributed by atoms with E-state index in [0.717, 1.165) is 24.3 Å². The van der Waals surface area contributed by atoms with Crippen molar-refractivity contribution < 1.29 is 13.2 Å². The summed E-state index contributed by atoms with van der Waals surface area (Å²) in [6.45, 7) is 4.33. The van der Waals surface area contributed by atoms with E-state index in [-0.39, 0.29) is 6.54 Å². The molecule has 1 aromatic rings. The summed E-state index contributed by atoms with van der Waals surface area (Å²) in [7, 11) is 0. The molecule has 108 valence electrons. The van der Waals surface area contributed by atoms with Gasteiger partial charge in [-0.3, -0.25) is 4.90 Å². The zero-order valence-corrected chi connectivity index (χ0v) is 11.3. The van der Waals surface area contributed by atoms with Crippen LogP contribution in [0.1, 0.15) is 25.8 Å². The second-order valence-electron chi connectivity index (χ2n) is 4.40. The van der Waals surface area contributed by atoms with Crippen LogP contribution in [0.25, 0.3) is 0 Å². The van der Waals surface area contributed by atoms with Gasteiger partial charge in [0.1, 0.15) is 5.82 Å². The predicted molar refractivity (Wildman–Crippen MR) is 70.0 cm³/mol. The molecule has 0 bridgehead atoms. The van der Waals surface area contributed by atoms with Gasteiger partial charge in [-0.15, -0.1) is 0 Å². The Hall–Kier alpha value is -1.30. The minimum absolute atomic E-state index is 0.261. The molecule has 0 aromatic carbocycles. The van der Waals surface area contributed by atoms with Crippen molar-refractivity contribution in [3.05, 3.63) is 23.9 Å². The summed E-state index contributed by atoms with van der Waals surface area (Å²) in [5.74, 6) is 0.754. The van der Waals surface area contributed by atoms with Crippen molar-refractivity contribution >= 4 is 5.82 Å². The Kier molecular flexibility index (Phi) is 6.08. The van der Waals surface area contributed by atoms with E-state index in [1.807, 2.05) is 6.07 Å². The maximum Gasteiger partial charge on any atom is 0.401 e. The Morgan fingerprint density at radius 3 is 2.47 bits per heavy atom. The summed E-state index contributed by atoms with van der Waals surface area (Å²) in [4.78, 5) is 5.52. The van der Waals surface area contributed by atoms with Crippen molar-refractivity contribution in [3.63, 3.8) is 0 Å². The molecule has 3 nitrogen and oxygen atoms in total. The van der Waals surface area contributed by atoms with Gasteiger partial charge in [0.05, 0.1) is 6.54 Å². The van der Waals surface area contributed by atoms with Gasteiger partial charge in [0, 0.05) is 19.3 Å². The zero-order chi connectivity index (χ0) is 14.3. The molecular weight excluding hydrogens is 255 g/mol. The Morgan fingerprint density at radius 2 is 2.00 bits per heavy atom. The number of rotatable bonds is 7. The number of hydrogen-bond donors (Lipinski definition) is 1. The lowest BCUT2D eigenvalue weighted by Gasteiger charge is -2.21. The van der Waals surface area contributed by atoms with Crippen LogP contribution in [-0.4, -0.2) is 35.7 Å². The first kappa shape index (κ1) is 15.8. The molecule has 0 aliphatic carbocycles. The number of nitrogens with one attached hydrogen (secondary N) is 1. The average Bonchev–Trinajstić information content (AvgIpc) is 2.35. The third kappa shape index (κ3) is 6.42. The number of pyridine rings is 1. The molecule has 0 amide bonds. The third-order valence-electron chi connectivity index (χ3n) is 2.64. The van der Waals surface area contributed by atoms with Crippen molar-refractivity contribution in [2.75, 3.05) is 25.0 Å². The van der Waals surface area contributed by atoms with Gasteiger partial charge in [0.25, 0.3) is 0 Å². The molecule has 0 unspecified atom stereocenters. The van der Waals surface area contributed by atoms with Gasteiger partial charge in [0.2, 0.25) is 0 Å². The molecule has 0 aliphatic rings. The van der Waals surface area contributed by atoms with Crippen molar-refractivity contribution in [1.29, 1.82) is 0 Å². The lowest BCUT2D eigenvalue weighted by Crippen LogP contribution is -2.33. The van der Waals surface area contributed by atoms with E-state index >= 15 is 0 Å². The second-order valence-corrected chi connectivity index (χ2v) is 4.40. The second kappa shape index (κ2) is 7.33. The number of hydrogen-bond acceptors (Lipinski definition) is 3. The largest absolute Gasteiger partial charge is 0.401 e. The summed E-state index contributed by atoms with van der Waals surface area (Å²) in [5, 5.41) is 3.12. The molecule has 0 saturated carbocycles. The summed E-state index contributed by atoms with van der Waals surface area (Å²) in [6, 6.07) is 3.61. The molecule has 1 N–H and O–H groups in total. The summed E-state index contributed by atoms with van der Waals surface area (Å²) < 4.78 is 37.0. The Morgan fingerprint density at radius 1 is 1.26 bits per heavy atom. The number of halogens is 3. The summed E-state index contributed by atoms with van der Waals surface area (Å²) in [6.07, 6.45) is -1.54. The number of alkyl halides is 3. The molecular formula is C13H20F3N3. The average molecular weight is 275 g/mol. The van der Waals surface area contributed by atoms with Crippen LogP contribution >= 0.6 is 0 Å². The van der Waals surface area contributed by atoms with Crippen LogP contribution in [-0.2, 0) is 6.54 Å². The van der Waals surface area contributed by atoms with E-state index in [1.165, 1.54) is 4.90 Å². The van der Waals surface area contributed by atoms with Gasteiger partial charge in [-0.2, -0.15) is 13.2 Å².